The number of nitrogens with zero attached hydrogens (tertiary/aromatic N) is 4. The van der Waals surface area contributed by atoms with Crippen LogP contribution in [0.1, 0.15) is 6.42 Å². The van der Waals surface area contributed by atoms with Gasteiger partial charge in [-0.15, -0.1) is 10.2 Å². The molecule has 126 valence electrons. The van der Waals surface area contributed by atoms with E-state index in [0.29, 0.717) is 5.75 Å². The zero-order chi connectivity index (χ0) is 17.1. The third-order valence-electron chi connectivity index (χ3n) is 4.21. The molecule has 25 heavy (non-hydrogen) atoms. The first-order valence-corrected chi connectivity index (χ1v) is 9.28. The zero-order valence-electron chi connectivity index (χ0n) is 13.7. The van der Waals surface area contributed by atoms with Gasteiger partial charge < -0.3 is 4.90 Å². The molecule has 1 fully saturated rings. The lowest BCUT2D eigenvalue weighted by Crippen LogP contribution is -2.43. The maximum Gasteiger partial charge on any atom is 0.233 e. The van der Waals surface area contributed by atoms with E-state index in [4.69, 9.17) is 0 Å². The molecule has 4 rings (SSSR count). The maximum absolute atomic E-state index is 12.2. The van der Waals surface area contributed by atoms with E-state index < -0.39 is 0 Å². The molecule has 0 atom stereocenters. The highest BCUT2D eigenvalue weighted by Gasteiger charge is 2.22. The first kappa shape index (κ1) is 15.9. The summed E-state index contributed by atoms with van der Waals surface area (Å²) in [5.41, 5.74) is 1.99. The molecular weight excluding hydrogens is 332 g/mol. The van der Waals surface area contributed by atoms with Gasteiger partial charge in [0.2, 0.25) is 5.91 Å². The molecule has 0 radical (unpaired) electrons. The molecule has 5 nitrogen and oxygen atoms in total. The fraction of sp³-hybridized carbons (Fsp3) is 0.211. The Balaban J connectivity index is 1.67. The van der Waals surface area contributed by atoms with Gasteiger partial charge in [-0.2, -0.15) is 0 Å². The summed E-state index contributed by atoms with van der Waals surface area (Å²) >= 11 is 1.44. The summed E-state index contributed by atoms with van der Waals surface area (Å²) in [5, 5.41) is 9.47. The molecule has 0 spiro atoms. The fourth-order valence-corrected chi connectivity index (χ4v) is 3.59. The topological polar surface area (TPSA) is 51.0 Å². The first-order valence-electron chi connectivity index (χ1n) is 8.30. The highest BCUT2D eigenvalue weighted by atomic mass is 32.2. The summed E-state index contributed by atoms with van der Waals surface area (Å²) in [6.07, 6.45) is 1.11. The van der Waals surface area contributed by atoms with E-state index in [-0.39, 0.29) is 5.91 Å². The van der Waals surface area contributed by atoms with E-state index in [2.05, 4.69) is 10.2 Å². The number of benzene rings is 2. The minimum atomic E-state index is 0.167. The highest BCUT2D eigenvalue weighted by Crippen LogP contribution is 2.28. The average molecular weight is 350 g/mol. The largest absolute Gasteiger partial charge is 0.342 e. The Labute approximate surface area is 150 Å². The summed E-state index contributed by atoms with van der Waals surface area (Å²) in [4.78, 5) is 14.1. The quantitative estimate of drug-likeness (QED) is 0.663. The molecule has 0 bridgehead atoms. The van der Waals surface area contributed by atoms with Crippen molar-refractivity contribution < 1.29 is 4.79 Å². The van der Waals surface area contributed by atoms with Crippen LogP contribution in [0, 0.1) is 0 Å². The lowest BCUT2D eigenvalue weighted by atomic mass is 10.2. The van der Waals surface area contributed by atoms with Gasteiger partial charge in [0.05, 0.1) is 5.75 Å². The molecule has 6 heteroatoms. The summed E-state index contributed by atoms with van der Waals surface area (Å²) in [6, 6.07) is 20.0. The molecule has 0 N–H and O–H groups in total. The number of rotatable bonds is 5. The van der Waals surface area contributed by atoms with Crippen molar-refractivity contribution in [3.8, 4) is 17.1 Å². The van der Waals surface area contributed by atoms with E-state index in [1.54, 1.807) is 0 Å². The summed E-state index contributed by atoms with van der Waals surface area (Å²) < 4.78 is 2.02. The molecule has 1 aliphatic rings. The highest BCUT2D eigenvalue weighted by molar-refractivity contribution is 7.99. The molecule has 1 aromatic heterocycles. The normalized spacial score (nSPS) is 13.5. The monoisotopic (exact) mass is 350 g/mol. The summed E-state index contributed by atoms with van der Waals surface area (Å²) in [5.74, 6) is 1.34. The van der Waals surface area contributed by atoms with Crippen LogP contribution < -0.4 is 0 Å². The lowest BCUT2D eigenvalue weighted by Gasteiger charge is -2.30. The molecule has 1 aliphatic heterocycles. The smallest absolute Gasteiger partial charge is 0.233 e. The Hall–Kier alpha value is -2.60. The zero-order valence-corrected chi connectivity index (χ0v) is 14.5. The fourth-order valence-electron chi connectivity index (χ4n) is 2.73. The van der Waals surface area contributed by atoms with Gasteiger partial charge in [-0.3, -0.25) is 9.36 Å². The second-order valence-electron chi connectivity index (χ2n) is 5.87. The molecule has 3 aromatic rings. The van der Waals surface area contributed by atoms with Gasteiger partial charge in [-0.1, -0.05) is 60.3 Å². The Morgan fingerprint density at radius 2 is 1.64 bits per heavy atom. The van der Waals surface area contributed by atoms with Gasteiger partial charge in [0.15, 0.2) is 11.0 Å². The van der Waals surface area contributed by atoms with Gasteiger partial charge in [-0.05, 0) is 18.6 Å². The Morgan fingerprint density at radius 3 is 2.28 bits per heavy atom. The predicted octanol–water partition coefficient (Wildman–Crippen LogP) is 3.26. The van der Waals surface area contributed by atoms with Crippen molar-refractivity contribution in [2.24, 2.45) is 0 Å². The number of amides is 1. The molecule has 2 aromatic carbocycles. The summed E-state index contributed by atoms with van der Waals surface area (Å²) in [6.45, 7) is 1.75. The molecule has 1 amide bonds. The van der Waals surface area contributed by atoms with E-state index in [9.17, 15) is 4.79 Å². The molecule has 1 saturated heterocycles. The minimum Gasteiger partial charge on any atom is -0.342 e. The van der Waals surface area contributed by atoms with Crippen LogP contribution in [0.5, 0.6) is 0 Å². The van der Waals surface area contributed by atoms with Crippen LogP contribution in [0.15, 0.2) is 65.8 Å². The molecule has 0 unspecified atom stereocenters. The lowest BCUT2D eigenvalue weighted by molar-refractivity contribution is -0.131. The number of hydrogen-bond acceptors (Lipinski definition) is 4. The van der Waals surface area contributed by atoms with Crippen LogP contribution in [0.4, 0.5) is 0 Å². The molecular formula is C19H18N4OS. The van der Waals surface area contributed by atoms with E-state index in [0.717, 1.165) is 41.7 Å². The number of hydrogen-bond donors (Lipinski definition) is 0. The average Bonchev–Trinajstić information content (AvgIpc) is 3.04. The first-order chi connectivity index (χ1) is 12.3. The Kier molecular flexibility index (Phi) is 4.52. The van der Waals surface area contributed by atoms with Crippen LogP contribution >= 0.6 is 11.8 Å². The van der Waals surface area contributed by atoms with Crippen LogP contribution in [-0.4, -0.2) is 44.4 Å². The van der Waals surface area contributed by atoms with Crippen molar-refractivity contribution in [1.29, 1.82) is 0 Å². The standard InChI is InChI=1S/C19H18N4OS/c24-17(22-12-7-13-22)14-25-19-21-20-18(15-8-3-1-4-9-15)23(19)16-10-5-2-6-11-16/h1-6,8-11H,7,12-14H2. The van der Waals surface area contributed by atoms with Crippen molar-refractivity contribution in [3.05, 3.63) is 60.7 Å². The number of thioether (sulfide) groups is 1. The SMILES string of the molecule is O=C(CSc1nnc(-c2ccccc2)n1-c1ccccc1)N1CCC1. The molecule has 0 aliphatic carbocycles. The van der Waals surface area contributed by atoms with Crippen molar-refractivity contribution in [3.63, 3.8) is 0 Å². The van der Waals surface area contributed by atoms with E-state index in [1.807, 2.05) is 70.1 Å². The van der Waals surface area contributed by atoms with Crippen LogP contribution in [0.3, 0.4) is 0 Å². The van der Waals surface area contributed by atoms with Crippen LogP contribution in [0.2, 0.25) is 0 Å². The van der Waals surface area contributed by atoms with Crippen molar-refractivity contribution >= 4 is 17.7 Å². The molecule has 2 heterocycles. The number of para-hydroxylation sites is 1. The maximum atomic E-state index is 12.2. The Bertz CT molecular complexity index is 860. The minimum absolute atomic E-state index is 0.167. The second-order valence-corrected chi connectivity index (χ2v) is 6.81. The Morgan fingerprint density at radius 1 is 0.960 bits per heavy atom. The third kappa shape index (κ3) is 3.30. The number of likely N-dealkylation sites (tertiary alicyclic amines) is 1. The third-order valence-corrected chi connectivity index (χ3v) is 5.13. The van der Waals surface area contributed by atoms with Gasteiger partial charge in [0.1, 0.15) is 0 Å². The number of aromatic nitrogens is 3. The summed E-state index contributed by atoms with van der Waals surface area (Å²) in [7, 11) is 0. The van der Waals surface area contributed by atoms with Crippen LogP contribution in [0.25, 0.3) is 17.1 Å². The van der Waals surface area contributed by atoms with Crippen LogP contribution in [-0.2, 0) is 4.79 Å². The molecule has 0 saturated carbocycles. The van der Waals surface area contributed by atoms with Crippen molar-refractivity contribution in [2.45, 2.75) is 11.6 Å². The van der Waals surface area contributed by atoms with Gasteiger partial charge in [-0.25, -0.2) is 0 Å². The van der Waals surface area contributed by atoms with Gasteiger partial charge in [0, 0.05) is 24.3 Å². The second kappa shape index (κ2) is 7.11. The number of carbonyl (C=O) groups is 1. The van der Waals surface area contributed by atoms with Gasteiger partial charge >= 0.3 is 0 Å². The van der Waals surface area contributed by atoms with Gasteiger partial charge in [0.25, 0.3) is 0 Å². The van der Waals surface area contributed by atoms with Crippen molar-refractivity contribution in [1.82, 2.24) is 19.7 Å². The predicted molar refractivity (Wildman–Crippen MR) is 98.7 cm³/mol. The number of carbonyl (C=O) groups excluding carboxylic acids is 1. The van der Waals surface area contributed by atoms with Crippen molar-refractivity contribution in [2.75, 3.05) is 18.8 Å². The van der Waals surface area contributed by atoms with E-state index >= 15 is 0 Å². The van der Waals surface area contributed by atoms with E-state index in [1.165, 1.54) is 11.8 Å².